The molecule has 1 amide bonds. The van der Waals surface area contributed by atoms with Gasteiger partial charge in [-0.15, -0.1) is 11.3 Å². The summed E-state index contributed by atoms with van der Waals surface area (Å²) in [5.74, 6) is 0.874. The first kappa shape index (κ1) is 13.1. The average molecular weight is 279 g/mol. The first-order valence-corrected chi connectivity index (χ1v) is 8.06. The largest absolute Gasteiger partial charge is 0.368 e. The molecule has 0 bridgehead atoms. The number of rotatable bonds is 7. The summed E-state index contributed by atoms with van der Waals surface area (Å²) in [4.78, 5) is 15.8. The summed E-state index contributed by atoms with van der Waals surface area (Å²) >= 11 is 1.72. The number of hydrogen-bond acceptors (Lipinski definition) is 3. The highest BCUT2D eigenvalue weighted by Crippen LogP contribution is 2.31. The molecule has 104 valence electrons. The van der Waals surface area contributed by atoms with Crippen LogP contribution in [0.25, 0.3) is 0 Å². The maximum atomic E-state index is 12.5. The molecule has 2 aliphatic rings. The van der Waals surface area contributed by atoms with E-state index in [1.807, 2.05) is 17.9 Å². The zero-order chi connectivity index (χ0) is 13.2. The molecule has 0 spiro atoms. The molecule has 0 aliphatic heterocycles. The van der Waals surface area contributed by atoms with E-state index in [0.717, 1.165) is 26.0 Å². The maximum Gasteiger partial charge on any atom is 0.251 e. The fourth-order valence-corrected chi connectivity index (χ4v) is 2.92. The van der Waals surface area contributed by atoms with Gasteiger partial charge in [-0.3, -0.25) is 4.79 Å². The SMILES string of the molecule is CC(OCC1CC1)C(=O)N(Cc1cccs1)C1CC1. The molecule has 0 saturated heterocycles. The van der Waals surface area contributed by atoms with Crippen LogP contribution in [0.2, 0.25) is 0 Å². The highest BCUT2D eigenvalue weighted by atomic mass is 32.1. The van der Waals surface area contributed by atoms with Crippen LogP contribution in [0.1, 0.15) is 37.5 Å². The molecule has 3 nitrogen and oxygen atoms in total. The maximum absolute atomic E-state index is 12.5. The van der Waals surface area contributed by atoms with Crippen molar-refractivity contribution in [3.8, 4) is 0 Å². The third-order valence-electron chi connectivity index (χ3n) is 3.80. The van der Waals surface area contributed by atoms with Crippen LogP contribution in [0.5, 0.6) is 0 Å². The normalized spacial score (nSPS) is 20.3. The van der Waals surface area contributed by atoms with Crippen molar-refractivity contribution >= 4 is 17.2 Å². The molecule has 4 heteroatoms. The summed E-state index contributed by atoms with van der Waals surface area (Å²) < 4.78 is 5.72. The topological polar surface area (TPSA) is 29.5 Å². The molecule has 1 heterocycles. The van der Waals surface area contributed by atoms with Crippen LogP contribution in [0.4, 0.5) is 0 Å². The van der Waals surface area contributed by atoms with Gasteiger partial charge in [0.05, 0.1) is 13.2 Å². The van der Waals surface area contributed by atoms with Crippen LogP contribution in [0, 0.1) is 5.92 Å². The minimum atomic E-state index is -0.291. The Labute approximate surface area is 118 Å². The summed E-state index contributed by atoms with van der Waals surface area (Å²) in [5, 5.41) is 2.07. The molecule has 3 rings (SSSR count). The van der Waals surface area contributed by atoms with E-state index < -0.39 is 0 Å². The van der Waals surface area contributed by atoms with Crippen molar-refractivity contribution in [3.63, 3.8) is 0 Å². The Hall–Kier alpha value is -0.870. The molecule has 2 aliphatic carbocycles. The van der Waals surface area contributed by atoms with Gasteiger partial charge >= 0.3 is 0 Å². The van der Waals surface area contributed by atoms with Crippen LogP contribution in [0.3, 0.4) is 0 Å². The number of amides is 1. The molecule has 2 saturated carbocycles. The second-order valence-electron chi connectivity index (χ2n) is 5.70. The van der Waals surface area contributed by atoms with E-state index in [0.29, 0.717) is 12.0 Å². The van der Waals surface area contributed by atoms with Crippen molar-refractivity contribution < 1.29 is 9.53 Å². The zero-order valence-electron chi connectivity index (χ0n) is 11.4. The fraction of sp³-hybridized carbons (Fsp3) is 0.667. The van der Waals surface area contributed by atoms with Crippen LogP contribution in [0.15, 0.2) is 17.5 Å². The predicted molar refractivity (Wildman–Crippen MR) is 76.0 cm³/mol. The molecule has 0 radical (unpaired) electrons. The number of ether oxygens (including phenoxy) is 1. The fourth-order valence-electron chi connectivity index (χ4n) is 2.21. The molecule has 1 aromatic heterocycles. The number of hydrogen-bond donors (Lipinski definition) is 0. The van der Waals surface area contributed by atoms with Gasteiger partial charge in [0, 0.05) is 10.9 Å². The lowest BCUT2D eigenvalue weighted by atomic mass is 10.3. The molecule has 19 heavy (non-hydrogen) atoms. The Morgan fingerprint density at radius 1 is 1.47 bits per heavy atom. The summed E-state index contributed by atoms with van der Waals surface area (Å²) in [7, 11) is 0. The zero-order valence-corrected chi connectivity index (χ0v) is 12.2. The third-order valence-corrected chi connectivity index (χ3v) is 4.66. The molecular weight excluding hydrogens is 258 g/mol. The van der Waals surface area contributed by atoms with Gasteiger partial charge in [-0.25, -0.2) is 0 Å². The Kier molecular flexibility index (Phi) is 3.89. The van der Waals surface area contributed by atoms with Crippen molar-refractivity contribution in [2.75, 3.05) is 6.61 Å². The number of nitrogens with zero attached hydrogens (tertiary/aromatic N) is 1. The van der Waals surface area contributed by atoms with Crippen molar-refractivity contribution in [2.45, 2.75) is 51.3 Å². The van der Waals surface area contributed by atoms with Gasteiger partial charge in [0.1, 0.15) is 6.10 Å². The number of carbonyl (C=O) groups is 1. The van der Waals surface area contributed by atoms with Gasteiger partial charge in [-0.05, 0) is 50.0 Å². The van der Waals surface area contributed by atoms with E-state index >= 15 is 0 Å². The smallest absolute Gasteiger partial charge is 0.251 e. The number of thiophene rings is 1. The molecule has 1 unspecified atom stereocenters. The van der Waals surface area contributed by atoms with Crippen LogP contribution in [-0.4, -0.2) is 29.6 Å². The lowest BCUT2D eigenvalue weighted by Crippen LogP contribution is -2.40. The van der Waals surface area contributed by atoms with Crippen LogP contribution >= 0.6 is 11.3 Å². The van der Waals surface area contributed by atoms with Gasteiger partial charge in [-0.2, -0.15) is 0 Å². The first-order chi connectivity index (χ1) is 9.24. The molecular formula is C15H21NO2S. The molecule has 0 N–H and O–H groups in total. The molecule has 1 atom stereocenters. The van der Waals surface area contributed by atoms with E-state index in [-0.39, 0.29) is 12.0 Å². The number of carbonyl (C=O) groups excluding carboxylic acids is 1. The standard InChI is InChI=1S/C15H21NO2S/c1-11(18-10-12-4-5-12)15(17)16(13-6-7-13)9-14-3-2-8-19-14/h2-3,8,11-13H,4-7,9-10H2,1H3. The van der Waals surface area contributed by atoms with Crippen molar-refractivity contribution in [2.24, 2.45) is 5.92 Å². The quantitative estimate of drug-likeness (QED) is 0.767. The molecule has 1 aromatic rings. The highest BCUT2D eigenvalue weighted by molar-refractivity contribution is 7.09. The van der Waals surface area contributed by atoms with Crippen molar-refractivity contribution in [1.82, 2.24) is 4.90 Å². The van der Waals surface area contributed by atoms with Crippen molar-refractivity contribution in [3.05, 3.63) is 22.4 Å². The Balaban J connectivity index is 1.56. The minimum absolute atomic E-state index is 0.163. The Bertz CT molecular complexity index is 423. The van der Waals surface area contributed by atoms with Crippen LogP contribution < -0.4 is 0 Å². The van der Waals surface area contributed by atoms with E-state index in [1.165, 1.54) is 17.7 Å². The predicted octanol–water partition coefficient (Wildman–Crippen LogP) is 3.05. The van der Waals surface area contributed by atoms with E-state index in [1.54, 1.807) is 11.3 Å². The minimum Gasteiger partial charge on any atom is -0.368 e. The van der Waals surface area contributed by atoms with E-state index in [2.05, 4.69) is 11.4 Å². The summed E-state index contributed by atoms with van der Waals surface area (Å²) in [6.07, 6.45) is 4.53. The monoisotopic (exact) mass is 279 g/mol. The first-order valence-electron chi connectivity index (χ1n) is 7.18. The average Bonchev–Trinajstić information content (AvgIpc) is 3.33. The second-order valence-corrected chi connectivity index (χ2v) is 6.73. The van der Waals surface area contributed by atoms with Gasteiger partial charge in [0.25, 0.3) is 5.91 Å². The lowest BCUT2D eigenvalue weighted by molar-refractivity contribution is -0.144. The third kappa shape index (κ3) is 3.57. The Morgan fingerprint density at radius 3 is 2.84 bits per heavy atom. The van der Waals surface area contributed by atoms with Gasteiger partial charge in [0.15, 0.2) is 0 Å². The highest BCUT2D eigenvalue weighted by Gasteiger charge is 2.35. The van der Waals surface area contributed by atoms with Crippen LogP contribution in [-0.2, 0) is 16.1 Å². The molecule has 0 aromatic carbocycles. The summed E-state index contributed by atoms with van der Waals surface area (Å²) in [6.45, 7) is 3.40. The van der Waals surface area contributed by atoms with Crippen molar-refractivity contribution in [1.29, 1.82) is 0 Å². The van der Waals surface area contributed by atoms with Gasteiger partial charge < -0.3 is 9.64 Å². The van der Waals surface area contributed by atoms with Gasteiger partial charge in [0.2, 0.25) is 0 Å². The second kappa shape index (κ2) is 5.63. The molecule has 2 fully saturated rings. The summed E-state index contributed by atoms with van der Waals surface area (Å²) in [6, 6.07) is 4.59. The van der Waals surface area contributed by atoms with E-state index in [9.17, 15) is 4.79 Å². The van der Waals surface area contributed by atoms with E-state index in [4.69, 9.17) is 4.74 Å². The Morgan fingerprint density at radius 2 is 2.26 bits per heavy atom. The lowest BCUT2D eigenvalue weighted by Gasteiger charge is -2.25. The summed E-state index contributed by atoms with van der Waals surface area (Å²) in [5.41, 5.74) is 0. The van der Waals surface area contributed by atoms with Gasteiger partial charge in [-0.1, -0.05) is 6.07 Å².